The number of carbonyl (C=O) groups excluding carboxylic acids is 2. The predicted molar refractivity (Wildman–Crippen MR) is 111 cm³/mol. The van der Waals surface area contributed by atoms with Gasteiger partial charge in [0.05, 0.1) is 17.5 Å². The summed E-state index contributed by atoms with van der Waals surface area (Å²) in [4.78, 5) is 28.1. The monoisotopic (exact) mass is 389 g/mol. The first-order valence-electron chi connectivity index (χ1n) is 9.57. The summed E-state index contributed by atoms with van der Waals surface area (Å²) in [6.45, 7) is 4.00. The number of rotatable bonds is 2. The van der Waals surface area contributed by atoms with Gasteiger partial charge in [0.2, 0.25) is 11.8 Å². The number of anilines is 1. The van der Waals surface area contributed by atoms with Crippen molar-refractivity contribution in [3.05, 3.63) is 82.4 Å². The van der Waals surface area contributed by atoms with Crippen molar-refractivity contribution in [2.75, 3.05) is 4.90 Å². The number of aryl methyl sites for hydroxylation is 1. The summed E-state index contributed by atoms with van der Waals surface area (Å²) >= 11 is 6.14. The Labute approximate surface area is 169 Å². The molecule has 4 atom stereocenters. The summed E-state index contributed by atoms with van der Waals surface area (Å²) in [5, 5.41) is 0.528. The fourth-order valence-electron chi connectivity index (χ4n) is 5.18. The third-order valence-electron chi connectivity index (χ3n) is 6.47. The minimum atomic E-state index is -0.311. The Morgan fingerprint density at radius 3 is 2.14 bits per heavy atom. The van der Waals surface area contributed by atoms with Crippen LogP contribution in [0.25, 0.3) is 5.57 Å². The number of hydrogen-bond donors (Lipinski definition) is 0. The number of fused-ring (bicyclic) bond motifs is 5. The highest BCUT2D eigenvalue weighted by atomic mass is 35.5. The molecule has 28 heavy (non-hydrogen) atoms. The van der Waals surface area contributed by atoms with Gasteiger partial charge in [0.15, 0.2) is 0 Å². The van der Waals surface area contributed by atoms with Crippen LogP contribution in [0, 0.1) is 30.6 Å². The molecule has 4 heteroatoms. The third-order valence-corrected chi connectivity index (χ3v) is 6.70. The first-order valence-corrected chi connectivity index (χ1v) is 9.95. The number of halogens is 1. The van der Waals surface area contributed by atoms with E-state index >= 15 is 0 Å². The standard InChI is InChI=1S/C24H20ClNO2/c1-13-8-9-16(25)12-19(13)26-23(27)21-17-10-11-18(22(21)24(26)28)20(17)14(2)15-6-4-3-5-7-15/h3-12,17-18,21-22H,1-2H3/t17-,18-,21+,22+/m1/s1. The first kappa shape index (κ1) is 17.4. The molecule has 1 saturated heterocycles. The zero-order chi connectivity index (χ0) is 19.6. The Hall–Kier alpha value is -2.65. The molecule has 0 spiro atoms. The molecule has 140 valence electrons. The first-order chi connectivity index (χ1) is 13.5. The molecule has 2 aromatic rings. The SMILES string of the molecule is CC(=C1[C@H]2C=C[C@H]1[C@@H]1C(=O)N(c3cc(Cl)ccc3C)C(=O)[C@H]12)c1ccccc1. The highest BCUT2D eigenvalue weighted by Crippen LogP contribution is 2.58. The quantitative estimate of drug-likeness (QED) is 0.532. The van der Waals surface area contributed by atoms with Crippen molar-refractivity contribution in [2.24, 2.45) is 23.7 Å². The van der Waals surface area contributed by atoms with Gasteiger partial charge in [-0.1, -0.05) is 65.7 Å². The van der Waals surface area contributed by atoms with Crippen LogP contribution in [0.15, 0.2) is 66.3 Å². The largest absolute Gasteiger partial charge is 0.274 e. The van der Waals surface area contributed by atoms with Gasteiger partial charge < -0.3 is 0 Å². The summed E-state index contributed by atoms with van der Waals surface area (Å²) in [6, 6.07) is 15.5. The molecule has 0 aromatic heterocycles. The minimum absolute atomic E-state index is 0.00357. The lowest BCUT2D eigenvalue weighted by atomic mass is 9.85. The van der Waals surface area contributed by atoms with Gasteiger partial charge in [-0.05, 0) is 42.7 Å². The van der Waals surface area contributed by atoms with Gasteiger partial charge in [0.25, 0.3) is 0 Å². The van der Waals surface area contributed by atoms with Gasteiger partial charge >= 0.3 is 0 Å². The topological polar surface area (TPSA) is 37.4 Å². The van der Waals surface area contributed by atoms with Crippen LogP contribution in [-0.4, -0.2) is 11.8 Å². The second-order valence-electron chi connectivity index (χ2n) is 7.88. The summed E-state index contributed by atoms with van der Waals surface area (Å²) in [5.41, 5.74) is 5.05. The van der Waals surface area contributed by atoms with Crippen molar-refractivity contribution < 1.29 is 9.59 Å². The molecule has 0 unspecified atom stereocenters. The average Bonchev–Trinajstić information content (AvgIpc) is 3.34. The molecule has 1 heterocycles. The van der Waals surface area contributed by atoms with Crippen molar-refractivity contribution in [2.45, 2.75) is 13.8 Å². The molecule has 5 rings (SSSR count). The second-order valence-corrected chi connectivity index (χ2v) is 8.31. The Kier molecular flexibility index (Phi) is 3.85. The van der Waals surface area contributed by atoms with E-state index in [-0.39, 0.29) is 35.5 Å². The van der Waals surface area contributed by atoms with Gasteiger partial charge in [0, 0.05) is 16.9 Å². The van der Waals surface area contributed by atoms with Crippen molar-refractivity contribution in [1.29, 1.82) is 0 Å². The van der Waals surface area contributed by atoms with E-state index < -0.39 is 0 Å². The molecule has 1 saturated carbocycles. The maximum atomic E-state index is 13.4. The highest BCUT2D eigenvalue weighted by Gasteiger charge is 2.62. The zero-order valence-electron chi connectivity index (χ0n) is 15.7. The van der Waals surface area contributed by atoms with Gasteiger partial charge in [-0.15, -0.1) is 0 Å². The number of amides is 2. The number of benzene rings is 2. The number of nitrogens with zero attached hydrogens (tertiary/aromatic N) is 1. The summed E-state index contributed by atoms with van der Waals surface area (Å²) in [5.74, 6) is -0.831. The predicted octanol–water partition coefficient (Wildman–Crippen LogP) is 5.04. The maximum absolute atomic E-state index is 13.4. The van der Waals surface area contributed by atoms with E-state index in [4.69, 9.17) is 11.6 Å². The molecule has 0 N–H and O–H groups in total. The lowest BCUT2D eigenvalue weighted by Crippen LogP contribution is -2.33. The lowest BCUT2D eigenvalue weighted by Gasteiger charge is -2.21. The Morgan fingerprint density at radius 2 is 1.54 bits per heavy atom. The minimum Gasteiger partial charge on any atom is -0.274 e. The zero-order valence-corrected chi connectivity index (χ0v) is 16.5. The number of allylic oxidation sites excluding steroid dienone is 4. The van der Waals surface area contributed by atoms with Gasteiger partial charge in [0.1, 0.15) is 0 Å². The van der Waals surface area contributed by atoms with Crippen LogP contribution >= 0.6 is 11.6 Å². The van der Waals surface area contributed by atoms with Gasteiger partial charge in [-0.25, -0.2) is 4.90 Å². The average molecular weight is 390 g/mol. The Morgan fingerprint density at radius 1 is 0.929 bits per heavy atom. The van der Waals surface area contributed by atoms with E-state index in [1.165, 1.54) is 16.0 Å². The molecule has 2 aliphatic carbocycles. The molecule has 1 aliphatic heterocycles. The van der Waals surface area contributed by atoms with Crippen molar-refractivity contribution in [3.8, 4) is 0 Å². The van der Waals surface area contributed by atoms with E-state index in [2.05, 4.69) is 31.2 Å². The van der Waals surface area contributed by atoms with Crippen LogP contribution < -0.4 is 4.90 Å². The van der Waals surface area contributed by atoms with Crippen molar-refractivity contribution in [3.63, 3.8) is 0 Å². The fraction of sp³-hybridized carbons (Fsp3) is 0.250. The van der Waals surface area contributed by atoms with Crippen molar-refractivity contribution >= 4 is 34.7 Å². The molecule has 3 nitrogen and oxygen atoms in total. The Balaban J connectivity index is 1.57. The van der Waals surface area contributed by atoms with E-state index in [0.29, 0.717) is 10.7 Å². The lowest BCUT2D eigenvalue weighted by molar-refractivity contribution is -0.122. The van der Waals surface area contributed by atoms with E-state index in [9.17, 15) is 9.59 Å². The number of carbonyl (C=O) groups is 2. The third kappa shape index (κ3) is 2.29. The smallest absolute Gasteiger partial charge is 0.238 e. The van der Waals surface area contributed by atoms with E-state index in [0.717, 1.165) is 11.1 Å². The summed E-state index contributed by atoms with van der Waals surface area (Å²) in [7, 11) is 0. The molecule has 0 radical (unpaired) electrons. The van der Waals surface area contributed by atoms with Gasteiger partial charge in [-0.2, -0.15) is 0 Å². The van der Waals surface area contributed by atoms with E-state index in [1.54, 1.807) is 12.1 Å². The van der Waals surface area contributed by atoms with E-state index in [1.807, 2.05) is 31.2 Å². The second kappa shape index (κ2) is 6.18. The normalized spacial score (nSPS) is 27.7. The van der Waals surface area contributed by atoms with Crippen LogP contribution in [0.5, 0.6) is 0 Å². The summed E-state index contributed by atoms with van der Waals surface area (Å²) < 4.78 is 0. The maximum Gasteiger partial charge on any atom is 0.238 e. The van der Waals surface area contributed by atoms with Gasteiger partial charge in [-0.3, -0.25) is 9.59 Å². The van der Waals surface area contributed by atoms with Crippen LogP contribution in [0.3, 0.4) is 0 Å². The molecule has 3 aliphatic rings. The van der Waals surface area contributed by atoms with Crippen LogP contribution in [0.1, 0.15) is 18.1 Å². The van der Waals surface area contributed by atoms with Crippen LogP contribution in [-0.2, 0) is 9.59 Å². The number of hydrogen-bond acceptors (Lipinski definition) is 2. The molecule has 2 aromatic carbocycles. The molecular weight excluding hydrogens is 370 g/mol. The molecule has 2 amide bonds. The molecular formula is C24H20ClNO2. The molecule has 2 bridgehead atoms. The van der Waals surface area contributed by atoms with Crippen LogP contribution in [0.2, 0.25) is 5.02 Å². The van der Waals surface area contributed by atoms with Crippen molar-refractivity contribution in [1.82, 2.24) is 0 Å². The van der Waals surface area contributed by atoms with Crippen LogP contribution in [0.4, 0.5) is 5.69 Å². The summed E-state index contributed by atoms with van der Waals surface area (Å²) in [6.07, 6.45) is 4.24. The fourth-order valence-corrected chi connectivity index (χ4v) is 5.35. The Bertz CT molecular complexity index is 1040. The highest BCUT2D eigenvalue weighted by molar-refractivity contribution is 6.31. The molecule has 2 fully saturated rings. The number of imide groups is 1.